The molecular weight excluding hydrogens is 148 g/mol. The lowest BCUT2D eigenvalue weighted by atomic mass is 9.69. The maximum Gasteiger partial charge on any atom is 0.143 e. The topological polar surface area (TPSA) is 17.1 Å². The molecule has 2 bridgehead atoms. The fourth-order valence-corrected chi connectivity index (χ4v) is 3.19. The predicted octanol–water partition coefficient (Wildman–Crippen LogP) is 2.57. The van der Waals surface area contributed by atoms with Gasteiger partial charge >= 0.3 is 0 Å². The third-order valence-corrected chi connectivity index (χ3v) is 4.34. The molecule has 2 rings (SSSR count). The lowest BCUT2D eigenvalue weighted by Crippen LogP contribution is -2.33. The Morgan fingerprint density at radius 3 is 2.50 bits per heavy atom. The first kappa shape index (κ1) is 8.03. The third kappa shape index (κ3) is 0.596. The minimum atomic E-state index is -0.169. The van der Waals surface area contributed by atoms with E-state index in [4.69, 9.17) is 0 Å². The van der Waals surface area contributed by atoms with Crippen LogP contribution in [-0.2, 0) is 4.79 Å². The number of ketones is 1. The van der Waals surface area contributed by atoms with Crippen molar-refractivity contribution >= 4 is 5.78 Å². The molecule has 2 aliphatic rings. The molecule has 2 aliphatic carbocycles. The van der Waals surface area contributed by atoms with Gasteiger partial charge in [-0.1, -0.05) is 19.9 Å². The second kappa shape index (κ2) is 2.01. The molecule has 0 spiro atoms. The fraction of sp³-hybridized carbons (Fsp3) is 0.727. The van der Waals surface area contributed by atoms with Gasteiger partial charge in [0.1, 0.15) is 5.78 Å². The van der Waals surface area contributed by atoms with Crippen molar-refractivity contribution in [2.75, 3.05) is 0 Å². The Bertz CT molecular complexity index is 252. The first-order chi connectivity index (χ1) is 5.54. The monoisotopic (exact) mass is 164 g/mol. The third-order valence-electron chi connectivity index (χ3n) is 4.34. The molecule has 0 unspecified atom stereocenters. The van der Waals surface area contributed by atoms with Crippen molar-refractivity contribution in [3.8, 4) is 0 Å². The summed E-state index contributed by atoms with van der Waals surface area (Å²) in [5, 5.41) is 0. The van der Waals surface area contributed by atoms with Gasteiger partial charge < -0.3 is 0 Å². The SMILES string of the molecule is C=C[C@@]12CC[C@@H](CC1=O)C2(C)C. The second-order valence-corrected chi connectivity index (χ2v) is 4.76. The number of carbonyl (C=O) groups is 1. The first-order valence-electron chi connectivity index (χ1n) is 4.71. The van der Waals surface area contributed by atoms with E-state index < -0.39 is 0 Å². The van der Waals surface area contributed by atoms with Crippen molar-refractivity contribution in [1.29, 1.82) is 0 Å². The van der Waals surface area contributed by atoms with Gasteiger partial charge in [0, 0.05) is 6.42 Å². The van der Waals surface area contributed by atoms with Gasteiger partial charge in [0.2, 0.25) is 0 Å². The fourth-order valence-electron chi connectivity index (χ4n) is 3.19. The molecule has 1 heteroatoms. The molecule has 0 radical (unpaired) electrons. The van der Waals surface area contributed by atoms with E-state index in [-0.39, 0.29) is 10.8 Å². The zero-order chi connectivity index (χ0) is 8.98. The zero-order valence-electron chi connectivity index (χ0n) is 7.89. The second-order valence-electron chi connectivity index (χ2n) is 4.76. The number of hydrogen-bond donors (Lipinski definition) is 0. The van der Waals surface area contributed by atoms with Crippen LogP contribution < -0.4 is 0 Å². The summed E-state index contributed by atoms with van der Waals surface area (Å²) < 4.78 is 0. The Morgan fingerprint density at radius 2 is 2.25 bits per heavy atom. The van der Waals surface area contributed by atoms with E-state index in [1.807, 2.05) is 6.08 Å². The summed E-state index contributed by atoms with van der Waals surface area (Å²) in [7, 11) is 0. The van der Waals surface area contributed by atoms with Crippen molar-refractivity contribution in [3.05, 3.63) is 12.7 Å². The first-order valence-corrected chi connectivity index (χ1v) is 4.71. The number of hydrogen-bond acceptors (Lipinski definition) is 1. The van der Waals surface area contributed by atoms with Gasteiger partial charge in [-0.05, 0) is 24.2 Å². The summed E-state index contributed by atoms with van der Waals surface area (Å²) >= 11 is 0. The minimum Gasteiger partial charge on any atom is -0.299 e. The number of allylic oxidation sites excluding steroid dienone is 1. The van der Waals surface area contributed by atoms with Crippen LogP contribution in [0.2, 0.25) is 0 Å². The van der Waals surface area contributed by atoms with Crippen molar-refractivity contribution in [2.24, 2.45) is 16.7 Å². The van der Waals surface area contributed by atoms with Crippen LogP contribution in [0.1, 0.15) is 33.1 Å². The minimum absolute atomic E-state index is 0.169. The quantitative estimate of drug-likeness (QED) is 0.544. The standard InChI is InChI=1S/C11H16O/c1-4-11-6-5-8(7-9(11)12)10(11,2)3/h4,8H,1,5-7H2,2-3H3/t8-,11+/m0/s1. The number of carbonyl (C=O) groups excluding carboxylic acids is 1. The van der Waals surface area contributed by atoms with Gasteiger partial charge in [0.05, 0.1) is 5.41 Å². The van der Waals surface area contributed by atoms with Gasteiger partial charge in [-0.3, -0.25) is 4.79 Å². The average molecular weight is 164 g/mol. The molecule has 0 amide bonds. The Kier molecular flexibility index (Phi) is 1.35. The van der Waals surface area contributed by atoms with Gasteiger partial charge in [0.25, 0.3) is 0 Å². The van der Waals surface area contributed by atoms with Crippen molar-refractivity contribution < 1.29 is 4.79 Å². The Labute approximate surface area is 73.8 Å². The maximum absolute atomic E-state index is 11.7. The lowest BCUT2D eigenvalue weighted by molar-refractivity contribution is -0.126. The highest BCUT2D eigenvalue weighted by atomic mass is 16.1. The molecular formula is C11H16O. The Balaban J connectivity index is 2.52. The molecule has 66 valence electrons. The highest BCUT2D eigenvalue weighted by Crippen LogP contribution is 2.64. The van der Waals surface area contributed by atoms with Crippen LogP contribution in [0.5, 0.6) is 0 Å². The van der Waals surface area contributed by atoms with Crippen molar-refractivity contribution in [1.82, 2.24) is 0 Å². The van der Waals surface area contributed by atoms with Gasteiger partial charge in [-0.25, -0.2) is 0 Å². The van der Waals surface area contributed by atoms with E-state index in [1.54, 1.807) is 0 Å². The normalized spacial score (nSPS) is 43.5. The van der Waals surface area contributed by atoms with Crippen LogP contribution in [0.15, 0.2) is 12.7 Å². The number of Topliss-reactive ketones (excluding diaryl/α,β-unsaturated/α-hetero) is 1. The molecule has 2 atom stereocenters. The summed E-state index contributed by atoms with van der Waals surface area (Å²) in [5.74, 6) is 1.04. The summed E-state index contributed by atoms with van der Waals surface area (Å²) in [6.45, 7) is 8.28. The molecule has 12 heavy (non-hydrogen) atoms. The smallest absolute Gasteiger partial charge is 0.143 e. The summed E-state index contributed by atoms with van der Waals surface area (Å²) in [6, 6.07) is 0. The van der Waals surface area contributed by atoms with Crippen molar-refractivity contribution in [2.45, 2.75) is 33.1 Å². The van der Waals surface area contributed by atoms with Crippen LogP contribution in [-0.4, -0.2) is 5.78 Å². The molecule has 0 aromatic carbocycles. The summed E-state index contributed by atoms with van der Waals surface area (Å²) in [4.78, 5) is 11.7. The highest BCUT2D eigenvalue weighted by Gasteiger charge is 2.62. The highest BCUT2D eigenvalue weighted by molar-refractivity contribution is 5.91. The number of fused-ring (bicyclic) bond motifs is 2. The Morgan fingerprint density at radius 1 is 1.58 bits per heavy atom. The van der Waals surface area contributed by atoms with E-state index in [9.17, 15) is 4.79 Å². The van der Waals surface area contributed by atoms with Gasteiger partial charge in [-0.15, -0.1) is 6.58 Å². The van der Waals surface area contributed by atoms with Crippen LogP contribution in [0, 0.1) is 16.7 Å². The van der Waals surface area contributed by atoms with E-state index >= 15 is 0 Å². The maximum atomic E-state index is 11.7. The molecule has 0 N–H and O–H groups in total. The van der Waals surface area contributed by atoms with Crippen molar-refractivity contribution in [3.63, 3.8) is 0 Å². The molecule has 1 nitrogen and oxygen atoms in total. The van der Waals surface area contributed by atoms with Crippen LogP contribution in [0.4, 0.5) is 0 Å². The summed E-state index contributed by atoms with van der Waals surface area (Å²) in [5.41, 5.74) is 0.00347. The van der Waals surface area contributed by atoms with Gasteiger partial charge in [0.15, 0.2) is 0 Å². The molecule has 2 saturated carbocycles. The van der Waals surface area contributed by atoms with E-state index in [0.29, 0.717) is 11.7 Å². The van der Waals surface area contributed by atoms with Crippen LogP contribution in [0.3, 0.4) is 0 Å². The molecule has 0 saturated heterocycles. The molecule has 2 fully saturated rings. The number of rotatable bonds is 1. The summed E-state index contributed by atoms with van der Waals surface area (Å²) in [6.07, 6.45) is 4.94. The van der Waals surface area contributed by atoms with Crippen LogP contribution in [0.25, 0.3) is 0 Å². The Hall–Kier alpha value is -0.590. The average Bonchev–Trinajstić information content (AvgIpc) is 2.36. The van der Waals surface area contributed by atoms with E-state index in [1.165, 1.54) is 6.42 Å². The zero-order valence-corrected chi connectivity index (χ0v) is 7.89. The largest absolute Gasteiger partial charge is 0.299 e. The van der Waals surface area contributed by atoms with Crippen LogP contribution >= 0.6 is 0 Å². The lowest BCUT2D eigenvalue weighted by Gasteiger charge is -2.33. The van der Waals surface area contributed by atoms with E-state index in [2.05, 4.69) is 20.4 Å². The molecule has 0 aliphatic heterocycles. The molecule has 0 aromatic rings. The molecule has 0 aromatic heterocycles. The predicted molar refractivity (Wildman–Crippen MR) is 48.8 cm³/mol. The molecule has 0 heterocycles. The van der Waals surface area contributed by atoms with E-state index in [0.717, 1.165) is 12.8 Å². The van der Waals surface area contributed by atoms with Gasteiger partial charge in [-0.2, -0.15) is 0 Å².